The third-order valence-electron chi connectivity index (χ3n) is 3.79. The summed E-state index contributed by atoms with van der Waals surface area (Å²) in [6.45, 7) is 3.39. The summed E-state index contributed by atoms with van der Waals surface area (Å²) >= 11 is 6.05. The van der Waals surface area contributed by atoms with Crippen LogP contribution in [0.1, 0.15) is 50.6 Å². The molecule has 0 saturated heterocycles. The van der Waals surface area contributed by atoms with Crippen LogP contribution < -0.4 is 5.32 Å². The van der Waals surface area contributed by atoms with Gasteiger partial charge in [-0.2, -0.15) is 0 Å². The second-order valence-electron chi connectivity index (χ2n) is 5.07. The highest BCUT2D eigenvalue weighted by Crippen LogP contribution is 2.26. The van der Waals surface area contributed by atoms with Crippen molar-refractivity contribution in [2.24, 2.45) is 5.92 Å². The number of nitrogens with one attached hydrogen (secondary N) is 1. The number of halogens is 1. The summed E-state index contributed by atoms with van der Waals surface area (Å²) in [7, 11) is 0. The quantitative estimate of drug-likeness (QED) is 0.808. The number of hydrogen-bond acceptors (Lipinski definition) is 1. The molecule has 1 fully saturated rings. The van der Waals surface area contributed by atoms with Crippen LogP contribution in [0.3, 0.4) is 0 Å². The standard InChI is InChI=1S/C15H22ClN/c1-2-15(13-8-5-9-14(16)10-13)17-11-12-6-3-4-7-12/h5,8-10,12,15,17H,2-4,6-7,11H2,1H3. The van der Waals surface area contributed by atoms with Crippen LogP contribution in [-0.2, 0) is 0 Å². The lowest BCUT2D eigenvalue weighted by Crippen LogP contribution is -2.26. The zero-order valence-corrected chi connectivity index (χ0v) is 11.3. The first-order valence-corrected chi connectivity index (χ1v) is 7.16. The van der Waals surface area contributed by atoms with Crippen molar-refractivity contribution < 1.29 is 0 Å². The van der Waals surface area contributed by atoms with Crippen LogP contribution in [0.15, 0.2) is 24.3 Å². The van der Waals surface area contributed by atoms with Crippen LogP contribution in [0.5, 0.6) is 0 Å². The summed E-state index contributed by atoms with van der Waals surface area (Å²) in [5.41, 5.74) is 1.32. The average Bonchev–Trinajstić information content (AvgIpc) is 2.83. The molecule has 1 nitrogen and oxygen atoms in total. The van der Waals surface area contributed by atoms with Gasteiger partial charge in [0.1, 0.15) is 0 Å². The minimum Gasteiger partial charge on any atom is -0.310 e. The molecule has 1 N–H and O–H groups in total. The van der Waals surface area contributed by atoms with E-state index in [0.717, 1.165) is 23.9 Å². The zero-order chi connectivity index (χ0) is 12.1. The highest BCUT2D eigenvalue weighted by atomic mass is 35.5. The molecule has 94 valence electrons. The fourth-order valence-electron chi connectivity index (χ4n) is 2.74. The van der Waals surface area contributed by atoms with E-state index in [0.29, 0.717) is 6.04 Å². The molecule has 17 heavy (non-hydrogen) atoms. The summed E-state index contributed by atoms with van der Waals surface area (Å²) in [4.78, 5) is 0. The molecule has 1 aliphatic rings. The van der Waals surface area contributed by atoms with Gasteiger partial charge in [0, 0.05) is 11.1 Å². The Morgan fingerprint density at radius 1 is 1.35 bits per heavy atom. The van der Waals surface area contributed by atoms with Gasteiger partial charge >= 0.3 is 0 Å². The second kappa shape index (κ2) is 6.42. The van der Waals surface area contributed by atoms with E-state index in [2.05, 4.69) is 24.4 Å². The SMILES string of the molecule is CCC(NCC1CCCC1)c1cccc(Cl)c1. The van der Waals surface area contributed by atoms with Gasteiger partial charge in [0.25, 0.3) is 0 Å². The highest BCUT2D eigenvalue weighted by Gasteiger charge is 2.16. The van der Waals surface area contributed by atoms with E-state index in [1.807, 2.05) is 12.1 Å². The molecular formula is C15H22ClN. The number of hydrogen-bond donors (Lipinski definition) is 1. The minimum atomic E-state index is 0.453. The molecule has 2 heteroatoms. The Balaban J connectivity index is 1.91. The first kappa shape index (κ1) is 12.9. The Bertz CT molecular complexity index is 345. The summed E-state index contributed by atoms with van der Waals surface area (Å²) in [5.74, 6) is 0.892. The molecule has 1 aromatic carbocycles. The lowest BCUT2D eigenvalue weighted by atomic mass is 10.0. The van der Waals surface area contributed by atoms with Gasteiger partial charge in [0.15, 0.2) is 0 Å². The van der Waals surface area contributed by atoms with Crippen LogP contribution in [-0.4, -0.2) is 6.54 Å². The predicted molar refractivity (Wildman–Crippen MR) is 74.4 cm³/mol. The Morgan fingerprint density at radius 3 is 2.76 bits per heavy atom. The van der Waals surface area contributed by atoms with E-state index in [1.54, 1.807) is 0 Å². The van der Waals surface area contributed by atoms with Crippen molar-refractivity contribution in [3.05, 3.63) is 34.9 Å². The van der Waals surface area contributed by atoms with Gasteiger partial charge in [-0.15, -0.1) is 0 Å². The first-order valence-electron chi connectivity index (χ1n) is 6.78. The maximum Gasteiger partial charge on any atom is 0.0409 e. The maximum atomic E-state index is 6.05. The van der Waals surface area contributed by atoms with Crippen molar-refractivity contribution in [1.82, 2.24) is 5.32 Å². The van der Waals surface area contributed by atoms with Crippen LogP contribution in [0, 0.1) is 5.92 Å². The van der Waals surface area contributed by atoms with Crippen molar-refractivity contribution in [3.63, 3.8) is 0 Å². The van der Waals surface area contributed by atoms with E-state index >= 15 is 0 Å². The molecule has 1 saturated carbocycles. The first-order chi connectivity index (χ1) is 8.29. The molecule has 2 rings (SSSR count). The molecule has 0 amide bonds. The molecule has 1 aliphatic carbocycles. The molecule has 0 radical (unpaired) electrons. The van der Waals surface area contributed by atoms with Crippen molar-refractivity contribution in [2.75, 3.05) is 6.54 Å². The highest BCUT2D eigenvalue weighted by molar-refractivity contribution is 6.30. The molecule has 0 bridgehead atoms. The molecule has 1 unspecified atom stereocenters. The van der Waals surface area contributed by atoms with Crippen molar-refractivity contribution in [3.8, 4) is 0 Å². The lowest BCUT2D eigenvalue weighted by molar-refractivity contribution is 0.431. The van der Waals surface area contributed by atoms with Gasteiger partial charge in [0.05, 0.1) is 0 Å². The van der Waals surface area contributed by atoms with Crippen LogP contribution in [0.25, 0.3) is 0 Å². The molecule has 0 heterocycles. The van der Waals surface area contributed by atoms with Crippen molar-refractivity contribution in [1.29, 1.82) is 0 Å². The summed E-state index contributed by atoms with van der Waals surface area (Å²) < 4.78 is 0. The smallest absolute Gasteiger partial charge is 0.0409 e. The summed E-state index contributed by atoms with van der Waals surface area (Å²) in [6.07, 6.45) is 6.76. The van der Waals surface area contributed by atoms with Gasteiger partial charge in [-0.1, -0.05) is 43.5 Å². The molecule has 0 aromatic heterocycles. The van der Waals surface area contributed by atoms with E-state index in [9.17, 15) is 0 Å². The number of rotatable bonds is 5. The molecular weight excluding hydrogens is 230 g/mol. The third-order valence-corrected chi connectivity index (χ3v) is 4.02. The largest absolute Gasteiger partial charge is 0.310 e. The van der Waals surface area contributed by atoms with Gasteiger partial charge in [-0.05, 0) is 49.4 Å². The number of benzene rings is 1. The minimum absolute atomic E-state index is 0.453. The van der Waals surface area contributed by atoms with Gasteiger partial charge in [-0.25, -0.2) is 0 Å². The zero-order valence-electron chi connectivity index (χ0n) is 10.6. The molecule has 1 atom stereocenters. The van der Waals surface area contributed by atoms with Gasteiger partial charge in [-0.3, -0.25) is 0 Å². The monoisotopic (exact) mass is 251 g/mol. The van der Waals surface area contributed by atoms with Crippen LogP contribution in [0.2, 0.25) is 5.02 Å². The second-order valence-corrected chi connectivity index (χ2v) is 5.51. The fourth-order valence-corrected chi connectivity index (χ4v) is 2.94. The van der Waals surface area contributed by atoms with E-state index in [4.69, 9.17) is 11.6 Å². The Labute approximate surface area is 110 Å². The van der Waals surface area contributed by atoms with Gasteiger partial charge < -0.3 is 5.32 Å². The Hall–Kier alpha value is -0.530. The molecule has 1 aromatic rings. The van der Waals surface area contributed by atoms with E-state index in [1.165, 1.54) is 31.2 Å². The summed E-state index contributed by atoms with van der Waals surface area (Å²) in [5, 5.41) is 4.53. The van der Waals surface area contributed by atoms with Crippen molar-refractivity contribution in [2.45, 2.75) is 45.1 Å². The predicted octanol–water partition coefficient (Wildman–Crippen LogP) is 4.57. The Kier molecular flexibility index (Phi) is 4.87. The van der Waals surface area contributed by atoms with E-state index < -0.39 is 0 Å². The topological polar surface area (TPSA) is 12.0 Å². The van der Waals surface area contributed by atoms with Crippen LogP contribution in [0.4, 0.5) is 0 Å². The molecule has 0 aliphatic heterocycles. The average molecular weight is 252 g/mol. The Morgan fingerprint density at radius 2 is 2.12 bits per heavy atom. The fraction of sp³-hybridized carbons (Fsp3) is 0.600. The lowest BCUT2D eigenvalue weighted by Gasteiger charge is -2.20. The molecule has 0 spiro atoms. The normalized spacial score (nSPS) is 18.5. The maximum absolute atomic E-state index is 6.05. The van der Waals surface area contributed by atoms with Crippen LogP contribution >= 0.6 is 11.6 Å². The van der Waals surface area contributed by atoms with Gasteiger partial charge in [0.2, 0.25) is 0 Å². The van der Waals surface area contributed by atoms with E-state index in [-0.39, 0.29) is 0 Å². The third kappa shape index (κ3) is 3.72. The summed E-state index contributed by atoms with van der Waals surface area (Å²) in [6, 6.07) is 8.68. The van der Waals surface area contributed by atoms with Crippen molar-refractivity contribution >= 4 is 11.6 Å².